The van der Waals surface area contributed by atoms with Gasteiger partial charge in [0.2, 0.25) is 0 Å². The first kappa shape index (κ1) is 13.0. The average Bonchev–Trinajstić information content (AvgIpc) is 2.09. The standard InChI is InChI=1S/C8H9NO3.Ac/c1-5-8(12)7(4-11)6(3-10)2-9-5;/h2,4,10,12H,3H2,1H3;. The number of aliphatic hydroxyl groups excluding tert-OH is 1. The van der Waals surface area contributed by atoms with Crippen LogP contribution in [-0.4, -0.2) is 21.5 Å². The third-order valence-electron chi connectivity index (χ3n) is 1.65. The number of carbonyl (C=O) groups is 1. The molecular weight excluding hydrogens is 385 g/mol. The summed E-state index contributed by atoms with van der Waals surface area (Å²) in [4.78, 5) is 14.2. The summed E-state index contributed by atoms with van der Waals surface area (Å²) in [5.41, 5.74) is 0.840. The zero-order valence-electron chi connectivity index (χ0n) is 7.19. The molecule has 1 radical (unpaired) electrons. The second-order valence-electron chi connectivity index (χ2n) is 2.41. The first-order valence-electron chi connectivity index (χ1n) is 3.44. The van der Waals surface area contributed by atoms with E-state index in [2.05, 4.69) is 4.98 Å². The first-order chi connectivity index (χ1) is 5.70. The number of aromatic hydroxyl groups is 1. The van der Waals surface area contributed by atoms with Gasteiger partial charge in [-0.3, -0.25) is 9.78 Å². The first-order valence-corrected chi connectivity index (χ1v) is 3.44. The summed E-state index contributed by atoms with van der Waals surface area (Å²) >= 11 is 0. The molecule has 0 aliphatic rings. The SMILES string of the molecule is Cc1ncc(CO)c(C=O)c1O.[Ac]. The smallest absolute Gasteiger partial charge is 0.154 e. The zero-order chi connectivity index (χ0) is 9.14. The molecule has 0 bridgehead atoms. The van der Waals surface area contributed by atoms with Crippen molar-refractivity contribution in [3.05, 3.63) is 23.0 Å². The third kappa shape index (κ3) is 2.73. The number of nitrogens with zero attached hydrogens (tertiary/aromatic N) is 1. The fraction of sp³-hybridized carbons (Fsp3) is 0.250. The van der Waals surface area contributed by atoms with E-state index in [1.54, 1.807) is 6.92 Å². The second kappa shape index (κ2) is 5.69. The molecule has 13 heavy (non-hydrogen) atoms. The van der Waals surface area contributed by atoms with Gasteiger partial charge in [0.1, 0.15) is 5.75 Å². The minimum Gasteiger partial charge on any atom is -0.505 e. The normalized spacial score (nSPS) is 9.08. The van der Waals surface area contributed by atoms with Crippen molar-refractivity contribution in [2.45, 2.75) is 13.5 Å². The van der Waals surface area contributed by atoms with Crippen molar-refractivity contribution in [1.82, 2.24) is 4.98 Å². The summed E-state index contributed by atoms with van der Waals surface area (Å²) in [6.07, 6.45) is 1.88. The molecule has 1 aromatic rings. The average molecular weight is 394 g/mol. The zero-order valence-corrected chi connectivity index (χ0v) is 11.9. The second-order valence-corrected chi connectivity index (χ2v) is 2.41. The minimum absolute atomic E-state index is 0. The molecule has 2 N–H and O–H groups in total. The van der Waals surface area contributed by atoms with Crippen molar-refractivity contribution in [3.8, 4) is 5.75 Å². The Kier molecular flexibility index (Phi) is 5.70. The number of rotatable bonds is 2. The summed E-state index contributed by atoms with van der Waals surface area (Å²) in [6.45, 7) is 1.29. The molecule has 67 valence electrons. The summed E-state index contributed by atoms with van der Waals surface area (Å²) in [5.74, 6) is -0.156. The van der Waals surface area contributed by atoms with Gasteiger partial charge in [0.05, 0.1) is 17.9 Å². The maximum atomic E-state index is 10.5. The van der Waals surface area contributed by atoms with Crippen molar-refractivity contribution in [3.63, 3.8) is 0 Å². The van der Waals surface area contributed by atoms with Crippen LogP contribution in [0.4, 0.5) is 0 Å². The molecule has 5 heteroatoms. The molecule has 0 spiro atoms. The van der Waals surface area contributed by atoms with Gasteiger partial charge in [0.15, 0.2) is 6.29 Å². The largest absolute Gasteiger partial charge is 0.505 e. The van der Waals surface area contributed by atoms with Gasteiger partial charge in [-0.1, -0.05) is 0 Å². The van der Waals surface area contributed by atoms with Gasteiger partial charge in [-0.15, -0.1) is 0 Å². The van der Waals surface area contributed by atoms with E-state index < -0.39 is 0 Å². The number of carbonyl (C=O) groups excluding carboxylic acids is 1. The van der Waals surface area contributed by atoms with Gasteiger partial charge in [-0.05, 0) is 6.92 Å². The van der Waals surface area contributed by atoms with E-state index in [-0.39, 0.29) is 62.0 Å². The Bertz CT molecular complexity index is 315. The van der Waals surface area contributed by atoms with E-state index in [0.717, 1.165) is 0 Å². The van der Waals surface area contributed by atoms with E-state index >= 15 is 0 Å². The van der Waals surface area contributed by atoms with Gasteiger partial charge in [0.25, 0.3) is 0 Å². The Morgan fingerprint density at radius 3 is 2.69 bits per heavy atom. The van der Waals surface area contributed by atoms with Crippen LogP contribution in [0.3, 0.4) is 0 Å². The Balaban J connectivity index is 0.00000144. The van der Waals surface area contributed by atoms with Crippen molar-refractivity contribution in [1.29, 1.82) is 0 Å². The number of aliphatic hydroxyl groups is 1. The molecule has 0 unspecified atom stereocenters. The molecule has 0 atom stereocenters. The van der Waals surface area contributed by atoms with E-state index in [1.165, 1.54) is 6.20 Å². The molecule has 0 aliphatic carbocycles. The summed E-state index contributed by atoms with van der Waals surface area (Å²) in [6, 6.07) is 0. The van der Waals surface area contributed by atoms with Gasteiger partial charge in [0, 0.05) is 55.8 Å². The molecule has 4 nitrogen and oxygen atoms in total. The summed E-state index contributed by atoms with van der Waals surface area (Å²) < 4.78 is 0. The molecule has 1 rings (SSSR count). The van der Waals surface area contributed by atoms with Crippen LogP contribution in [0.2, 0.25) is 0 Å². The Labute approximate surface area is 112 Å². The van der Waals surface area contributed by atoms with E-state index in [4.69, 9.17) is 5.11 Å². The summed E-state index contributed by atoms with van der Waals surface area (Å²) in [7, 11) is 0. The van der Waals surface area contributed by atoms with Gasteiger partial charge in [-0.25, -0.2) is 0 Å². The number of hydrogen-bond donors (Lipinski definition) is 2. The molecule has 0 saturated heterocycles. The van der Waals surface area contributed by atoms with Crippen LogP contribution in [0.25, 0.3) is 0 Å². The molecule has 0 aliphatic heterocycles. The van der Waals surface area contributed by atoms with Crippen LogP contribution in [0.1, 0.15) is 21.6 Å². The molecule has 1 heterocycles. The molecule has 0 fully saturated rings. The number of pyridine rings is 1. The Morgan fingerprint density at radius 2 is 2.23 bits per heavy atom. The van der Waals surface area contributed by atoms with Gasteiger partial charge < -0.3 is 10.2 Å². The van der Waals surface area contributed by atoms with Crippen molar-refractivity contribution in [2.24, 2.45) is 0 Å². The molecular formula is C8H9AcNO3. The number of aromatic nitrogens is 1. The van der Waals surface area contributed by atoms with Crippen molar-refractivity contribution in [2.75, 3.05) is 0 Å². The fourth-order valence-corrected chi connectivity index (χ4v) is 0.910. The third-order valence-corrected chi connectivity index (χ3v) is 1.65. The monoisotopic (exact) mass is 394 g/mol. The fourth-order valence-electron chi connectivity index (χ4n) is 0.910. The quantitative estimate of drug-likeness (QED) is 0.713. The molecule has 0 amide bonds. The topological polar surface area (TPSA) is 70.4 Å². The molecule has 0 aromatic carbocycles. The Morgan fingerprint density at radius 1 is 1.62 bits per heavy atom. The maximum absolute atomic E-state index is 10.5. The number of aldehydes is 1. The van der Waals surface area contributed by atoms with E-state index in [0.29, 0.717) is 17.5 Å². The van der Waals surface area contributed by atoms with Crippen LogP contribution in [-0.2, 0) is 6.61 Å². The van der Waals surface area contributed by atoms with Crippen LogP contribution in [0, 0.1) is 51.0 Å². The van der Waals surface area contributed by atoms with Gasteiger partial charge >= 0.3 is 0 Å². The van der Waals surface area contributed by atoms with Gasteiger partial charge in [-0.2, -0.15) is 0 Å². The van der Waals surface area contributed by atoms with E-state index in [9.17, 15) is 9.90 Å². The molecule has 1 aromatic heterocycles. The van der Waals surface area contributed by atoms with Crippen molar-refractivity contribution < 1.29 is 59.1 Å². The van der Waals surface area contributed by atoms with Crippen LogP contribution >= 0.6 is 0 Å². The maximum Gasteiger partial charge on any atom is 0.154 e. The number of aryl methyl sites for hydroxylation is 1. The number of hydrogen-bond acceptors (Lipinski definition) is 4. The predicted molar refractivity (Wildman–Crippen MR) is 41.9 cm³/mol. The van der Waals surface area contributed by atoms with Crippen LogP contribution < -0.4 is 0 Å². The Hall–Kier alpha value is 0.0216. The minimum atomic E-state index is -0.297. The summed E-state index contributed by atoms with van der Waals surface area (Å²) in [5, 5.41) is 18.1. The van der Waals surface area contributed by atoms with E-state index in [1.807, 2.05) is 0 Å². The molecule has 0 saturated carbocycles. The van der Waals surface area contributed by atoms with Crippen LogP contribution in [0.5, 0.6) is 5.75 Å². The predicted octanol–water partition coefficient (Wildman–Crippen LogP) is 0.400. The van der Waals surface area contributed by atoms with Crippen molar-refractivity contribution >= 4 is 6.29 Å². The van der Waals surface area contributed by atoms with Crippen LogP contribution in [0.15, 0.2) is 6.20 Å².